The third-order valence-corrected chi connectivity index (χ3v) is 9.00. The Balaban J connectivity index is 1.48. The summed E-state index contributed by atoms with van der Waals surface area (Å²) >= 11 is 0. The van der Waals surface area contributed by atoms with Crippen LogP contribution in [0.15, 0.2) is 18.6 Å². The number of nitriles is 1. The predicted octanol–water partition coefficient (Wildman–Crippen LogP) is 2.52. The van der Waals surface area contributed by atoms with Crippen LogP contribution in [0.3, 0.4) is 0 Å². The molecule has 0 bridgehead atoms. The van der Waals surface area contributed by atoms with E-state index in [0.29, 0.717) is 24.3 Å². The zero-order chi connectivity index (χ0) is 33.3. The number of alkyl halides is 3. The van der Waals surface area contributed by atoms with Crippen molar-refractivity contribution in [1.29, 1.82) is 5.26 Å². The summed E-state index contributed by atoms with van der Waals surface area (Å²) in [6.45, 7) is 5.36. The van der Waals surface area contributed by atoms with Crippen molar-refractivity contribution in [1.82, 2.24) is 25.5 Å². The SMILES string of the molecule is C#Cc1c(OC)ncc2cncc(CCCC(C#N)NC(=O)[C@@H]3[C@@H]4[C@H](CN3C(=O)[C@@H](NC(=O)C(F)(F)F)[C@@H](C)OC)C4(C)C)c12. The highest BCUT2D eigenvalue weighted by Crippen LogP contribution is 2.65. The van der Waals surface area contributed by atoms with E-state index in [-0.39, 0.29) is 30.2 Å². The number of fused-ring (bicyclic) bond motifs is 2. The van der Waals surface area contributed by atoms with Gasteiger partial charge in [0.05, 0.1) is 24.8 Å². The number of amides is 3. The van der Waals surface area contributed by atoms with Crippen molar-refractivity contribution >= 4 is 28.5 Å². The Bertz CT molecular complexity index is 1570. The Hall–Kier alpha value is -4.43. The van der Waals surface area contributed by atoms with E-state index >= 15 is 0 Å². The molecule has 11 nitrogen and oxygen atoms in total. The van der Waals surface area contributed by atoms with E-state index < -0.39 is 48.1 Å². The smallest absolute Gasteiger partial charge is 0.471 e. The summed E-state index contributed by atoms with van der Waals surface area (Å²) < 4.78 is 49.5. The lowest BCUT2D eigenvalue weighted by Crippen LogP contribution is -2.60. The number of carbonyl (C=O) groups excluding carboxylic acids is 3. The number of aromatic nitrogens is 2. The Morgan fingerprint density at radius 2 is 1.93 bits per heavy atom. The number of halogens is 3. The standard InChI is InChI=1S/C31H35F3N6O5/c1-7-20-22-17(12-36-13-18(22)14-37-27(20)45-6)9-8-10-19(11-35)38-26(41)25-23-21(30(23,3)4)15-40(25)28(42)24(16(2)44-5)39-29(43)31(32,33)34/h1,12-14,16,19,21,23-25H,8-10,15H2,2-6H3,(H,38,41)(H,39,43)/t16-,19?,21+,23+,24+,25+/m1/s1. The van der Waals surface area contributed by atoms with Crippen molar-refractivity contribution in [2.24, 2.45) is 17.3 Å². The van der Waals surface area contributed by atoms with Gasteiger partial charge in [0.1, 0.15) is 18.1 Å². The summed E-state index contributed by atoms with van der Waals surface area (Å²) in [6, 6.07) is -1.54. The number of piperidine rings is 1. The lowest BCUT2D eigenvalue weighted by molar-refractivity contribution is -0.176. The molecule has 0 aromatic carbocycles. The van der Waals surface area contributed by atoms with Gasteiger partial charge in [0.25, 0.3) is 0 Å². The molecular formula is C31H35F3N6O5. The summed E-state index contributed by atoms with van der Waals surface area (Å²) in [7, 11) is 2.67. The number of hydrogen-bond acceptors (Lipinski definition) is 8. The first-order valence-corrected chi connectivity index (χ1v) is 14.4. The van der Waals surface area contributed by atoms with Gasteiger partial charge in [-0.1, -0.05) is 19.8 Å². The Morgan fingerprint density at radius 3 is 2.53 bits per heavy atom. The highest BCUT2D eigenvalue weighted by Gasteiger charge is 2.69. The number of nitrogens with one attached hydrogen (secondary N) is 2. The summed E-state index contributed by atoms with van der Waals surface area (Å²) in [5.41, 5.74) is 1.00. The molecule has 1 aliphatic carbocycles. The maximum absolute atomic E-state index is 13.7. The van der Waals surface area contributed by atoms with Gasteiger partial charge in [0.15, 0.2) is 0 Å². The van der Waals surface area contributed by atoms with Crippen LogP contribution in [0.5, 0.6) is 5.88 Å². The molecule has 14 heteroatoms. The zero-order valence-corrected chi connectivity index (χ0v) is 25.6. The average Bonchev–Trinajstić information content (AvgIpc) is 3.32. The number of likely N-dealkylation sites (tertiary alicyclic amines) is 1. The number of terminal acetylenes is 1. The summed E-state index contributed by atoms with van der Waals surface area (Å²) in [5.74, 6) is -1.17. The van der Waals surface area contributed by atoms with Crippen molar-refractivity contribution in [2.45, 2.75) is 70.4 Å². The van der Waals surface area contributed by atoms with Crippen LogP contribution in [-0.2, 0) is 25.5 Å². The molecule has 45 heavy (non-hydrogen) atoms. The summed E-state index contributed by atoms with van der Waals surface area (Å²) in [5, 5.41) is 15.8. The minimum atomic E-state index is -5.22. The second kappa shape index (κ2) is 12.9. The Labute approximate surface area is 258 Å². The molecule has 3 heterocycles. The van der Waals surface area contributed by atoms with Crippen LogP contribution in [0.25, 0.3) is 10.8 Å². The molecule has 1 unspecified atom stereocenters. The molecule has 3 amide bonds. The number of methoxy groups -OCH3 is 2. The van der Waals surface area contributed by atoms with E-state index in [1.807, 2.05) is 13.8 Å². The van der Waals surface area contributed by atoms with E-state index in [1.54, 1.807) is 23.9 Å². The Kier molecular flexibility index (Phi) is 9.59. The van der Waals surface area contributed by atoms with Crippen LogP contribution < -0.4 is 15.4 Å². The molecule has 2 aromatic heterocycles. The first-order valence-electron chi connectivity index (χ1n) is 14.4. The normalized spacial score (nSPS) is 21.9. The lowest BCUT2D eigenvalue weighted by Gasteiger charge is -2.34. The van der Waals surface area contributed by atoms with Crippen LogP contribution in [-0.4, -0.2) is 83.8 Å². The van der Waals surface area contributed by atoms with E-state index in [0.717, 1.165) is 16.3 Å². The topological polar surface area (TPSA) is 147 Å². The van der Waals surface area contributed by atoms with Crippen molar-refractivity contribution in [3.8, 4) is 24.3 Å². The third-order valence-electron chi connectivity index (χ3n) is 9.00. The van der Waals surface area contributed by atoms with Gasteiger partial charge in [-0.3, -0.25) is 19.4 Å². The van der Waals surface area contributed by atoms with Crippen LogP contribution in [0.4, 0.5) is 13.2 Å². The molecule has 0 spiro atoms. The highest BCUT2D eigenvalue weighted by molar-refractivity contribution is 5.95. The van der Waals surface area contributed by atoms with Crippen LogP contribution in [0, 0.1) is 40.9 Å². The molecule has 2 aliphatic rings. The fourth-order valence-electron chi connectivity index (χ4n) is 6.36. The number of hydrogen-bond donors (Lipinski definition) is 2. The average molecular weight is 629 g/mol. The molecular weight excluding hydrogens is 593 g/mol. The zero-order valence-electron chi connectivity index (χ0n) is 25.6. The van der Waals surface area contributed by atoms with Crippen LogP contribution in [0.1, 0.15) is 44.7 Å². The van der Waals surface area contributed by atoms with E-state index in [1.165, 1.54) is 26.0 Å². The fourth-order valence-corrected chi connectivity index (χ4v) is 6.36. The van der Waals surface area contributed by atoms with Gasteiger partial charge in [0, 0.05) is 43.0 Å². The molecule has 2 N–H and O–H groups in total. The number of pyridine rings is 2. The van der Waals surface area contributed by atoms with Gasteiger partial charge >= 0.3 is 12.1 Å². The third kappa shape index (κ3) is 6.52. The maximum Gasteiger partial charge on any atom is 0.471 e. The summed E-state index contributed by atoms with van der Waals surface area (Å²) in [6.07, 6.45) is 5.53. The Morgan fingerprint density at radius 1 is 1.22 bits per heavy atom. The molecule has 1 saturated heterocycles. The second-order valence-corrected chi connectivity index (χ2v) is 11.9. The highest BCUT2D eigenvalue weighted by atomic mass is 19.4. The quantitative estimate of drug-likeness (QED) is 0.361. The van der Waals surface area contributed by atoms with Crippen molar-refractivity contribution in [3.63, 3.8) is 0 Å². The van der Waals surface area contributed by atoms with Crippen LogP contribution >= 0.6 is 0 Å². The number of carbonyl (C=O) groups is 3. The molecule has 2 aromatic rings. The van der Waals surface area contributed by atoms with Crippen molar-refractivity contribution in [3.05, 3.63) is 29.7 Å². The number of ether oxygens (including phenoxy) is 2. The molecule has 6 atom stereocenters. The summed E-state index contributed by atoms with van der Waals surface area (Å²) in [4.78, 5) is 48.6. The molecule has 0 radical (unpaired) electrons. The molecule has 1 aliphatic heterocycles. The van der Waals surface area contributed by atoms with Crippen molar-refractivity contribution < 1.29 is 37.0 Å². The number of nitrogens with zero attached hydrogens (tertiary/aromatic N) is 4. The van der Waals surface area contributed by atoms with E-state index in [4.69, 9.17) is 15.9 Å². The second-order valence-electron chi connectivity index (χ2n) is 11.9. The van der Waals surface area contributed by atoms with E-state index in [2.05, 4.69) is 27.3 Å². The first-order chi connectivity index (χ1) is 21.2. The first kappa shape index (κ1) is 33.5. The molecule has 1 saturated carbocycles. The predicted molar refractivity (Wildman–Crippen MR) is 155 cm³/mol. The van der Waals surface area contributed by atoms with Gasteiger partial charge in [-0.05, 0) is 49.0 Å². The largest absolute Gasteiger partial charge is 0.480 e. The lowest BCUT2D eigenvalue weighted by atomic mass is 9.97. The van der Waals surface area contributed by atoms with Crippen molar-refractivity contribution in [2.75, 3.05) is 20.8 Å². The number of rotatable bonds is 11. The molecule has 2 fully saturated rings. The fraction of sp³-hybridized carbons (Fsp3) is 0.548. The monoisotopic (exact) mass is 628 g/mol. The van der Waals surface area contributed by atoms with Gasteiger partial charge in [-0.2, -0.15) is 18.4 Å². The van der Waals surface area contributed by atoms with Crippen LogP contribution in [0.2, 0.25) is 0 Å². The van der Waals surface area contributed by atoms with Gasteiger partial charge in [0.2, 0.25) is 17.7 Å². The van der Waals surface area contributed by atoms with E-state index in [9.17, 15) is 32.8 Å². The minimum Gasteiger partial charge on any atom is -0.480 e. The van der Waals surface area contributed by atoms with Gasteiger partial charge in [-0.15, -0.1) is 6.42 Å². The minimum absolute atomic E-state index is 0.0785. The van der Waals surface area contributed by atoms with Gasteiger partial charge in [-0.25, -0.2) is 4.98 Å². The van der Waals surface area contributed by atoms with Gasteiger partial charge < -0.3 is 25.0 Å². The number of aryl methyl sites for hydroxylation is 1. The molecule has 4 rings (SSSR count). The maximum atomic E-state index is 13.7. The molecule has 240 valence electrons.